The van der Waals surface area contributed by atoms with Crippen LogP contribution in [0, 0.1) is 0 Å². The van der Waals surface area contributed by atoms with Crippen LogP contribution in [-0.4, -0.2) is 49.3 Å². The standard InChI is InChI=1S/C25H25F3N2O7S/c1-34-18-9-11-21(35-2)20(13-18)30(38(32,33)19-10-12-22(36-3)23(14-19)37-4)15-24(31)29-17-7-5-16(6-8-17)25(26,27)28/h5-14H,15H2,1-4H3,(H,29,31). The van der Waals surface area contributed by atoms with Crippen LogP contribution in [0.4, 0.5) is 24.5 Å². The zero-order valence-corrected chi connectivity index (χ0v) is 21.6. The van der Waals surface area contributed by atoms with Crippen molar-refractivity contribution < 1.29 is 45.3 Å². The van der Waals surface area contributed by atoms with Gasteiger partial charge < -0.3 is 24.3 Å². The number of carbonyl (C=O) groups is 1. The van der Waals surface area contributed by atoms with E-state index < -0.39 is 34.2 Å². The summed E-state index contributed by atoms with van der Waals surface area (Å²) in [5.41, 5.74) is -0.859. The van der Waals surface area contributed by atoms with Crippen LogP contribution in [0.1, 0.15) is 5.56 Å². The molecule has 0 aromatic heterocycles. The molecule has 204 valence electrons. The second-order valence-corrected chi connectivity index (χ2v) is 9.55. The van der Waals surface area contributed by atoms with E-state index in [9.17, 15) is 26.4 Å². The van der Waals surface area contributed by atoms with Gasteiger partial charge in [-0.2, -0.15) is 13.2 Å². The molecule has 0 saturated carbocycles. The van der Waals surface area contributed by atoms with Gasteiger partial charge >= 0.3 is 6.18 Å². The number of ether oxygens (including phenoxy) is 4. The van der Waals surface area contributed by atoms with Crippen LogP contribution >= 0.6 is 0 Å². The molecule has 1 N–H and O–H groups in total. The van der Waals surface area contributed by atoms with Crippen LogP contribution in [0.25, 0.3) is 0 Å². The molecule has 1 amide bonds. The van der Waals surface area contributed by atoms with Gasteiger partial charge in [-0.15, -0.1) is 0 Å². The van der Waals surface area contributed by atoms with Crippen LogP contribution < -0.4 is 28.6 Å². The van der Waals surface area contributed by atoms with Crippen LogP contribution in [0.5, 0.6) is 23.0 Å². The summed E-state index contributed by atoms with van der Waals surface area (Å²) in [6, 6.07) is 12.1. The van der Waals surface area contributed by atoms with E-state index in [2.05, 4.69) is 5.32 Å². The molecule has 0 spiro atoms. The van der Waals surface area contributed by atoms with Gasteiger partial charge in [-0.1, -0.05) is 0 Å². The molecule has 0 fully saturated rings. The van der Waals surface area contributed by atoms with E-state index in [1.54, 1.807) is 6.07 Å². The van der Waals surface area contributed by atoms with E-state index in [0.29, 0.717) is 0 Å². The molecule has 0 heterocycles. The highest BCUT2D eigenvalue weighted by Gasteiger charge is 2.32. The van der Waals surface area contributed by atoms with Gasteiger partial charge in [0, 0.05) is 17.8 Å². The van der Waals surface area contributed by atoms with Crippen LogP contribution in [-0.2, 0) is 21.0 Å². The average molecular weight is 555 g/mol. The van der Waals surface area contributed by atoms with Gasteiger partial charge in [0.15, 0.2) is 11.5 Å². The van der Waals surface area contributed by atoms with Crippen LogP contribution in [0.3, 0.4) is 0 Å². The molecule has 0 aliphatic carbocycles. The van der Waals surface area contributed by atoms with Gasteiger partial charge in [-0.05, 0) is 48.5 Å². The number of alkyl halides is 3. The number of nitrogens with zero attached hydrogens (tertiary/aromatic N) is 1. The highest BCUT2D eigenvalue weighted by atomic mass is 32.2. The molecular weight excluding hydrogens is 529 g/mol. The molecule has 0 aliphatic rings. The monoisotopic (exact) mass is 554 g/mol. The number of anilines is 2. The highest BCUT2D eigenvalue weighted by molar-refractivity contribution is 7.92. The van der Waals surface area contributed by atoms with Gasteiger partial charge in [0.05, 0.1) is 44.6 Å². The van der Waals surface area contributed by atoms with Crippen molar-refractivity contribution in [1.29, 1.82) is 0 Å². The first-order valence-electron chi connectivity index (χ1n) is 10.9. The first kappa shape index (κ1) is 28.4. The molecule has 3 aromatic carbocycles. The summed E-state index contributed by atoms with van der Waals surface area (Å²) in [5, 5.41) is 2.42. The van der Waals surface area contributed by atoms with Crippen molar-refractivity contribution in [2.24, 2.45) is 0 Å². The van der Waals surface area contributed by atoms with E-state index in [1.807, 2.05) is 0 Å². The highest BCUT2D eigenvalue weighted by Crippen LogP contribution is 2.37. The SMILES string of the molecule is COc1ccc(OC)c(N(CC(=O)Nc2ccc(C(F)(F)F)cc2)S(=O)(=O)c2ccc(OC)c(OC)c2)c1. The van der Waals surface area contributed by atoms with Crippen molar-refractivity contribution in [3.63, 3.8) is 0 Å². The first-order valence-corrected chi connectivity index (χ1v) is 12.3. The zero-order valence-electron chi connectivity index (χ0n) is 20.8. The molecule has 13 heteroatoms. The Hall–Kier alpha value is -4.13. The Labute approximate surface area is 217 Å². The minimum absolute atomic E-state index is 0.01000. The number of hydrogen-bond donors (Lipinski definition) is 1. The Morgan fingerprint density at radius 2 is 1.42 bits per heavy atom. The van der Waals surface area contributed by atoms with Gasteiger partial charge in [0.1, 0.15) is 18.0 Å². The normalized spacial score (nSPS) is 11.4. The predicted molar refractivity (Wildman–Crippen MR) is 134 cm³/mol. The number of hydrogen-bond acceptors (Lipinski definition) is 7. The number of methoxy groups -OCH3 is 4. The third-order valence-electron chi connectivity index (χ3n) is 5.38. The van der Waals surface area contributed by atoms with Gasteiger partial charge in [-0.3, -0.25) is 9.10 Å². The summed E-state index contributed by atoms with van der Waals surface area (Å²) in [6.07, 6.45) is -4.55. The summed E-state index contributed by atoms with van der Waals surface area (Å²) in [4.78, 5) is 12.8. The maximum absolute atomic E-state index is 13.8. The molecule has 3 aromatic rings. The van der Waals surface area contributed by atoms with Gasteiger partial charge in [0.25, 0.3) is 10.0 Å². The topological polar surface area (TPSA) is 103 Å². The Balaban J connectivity index is 2.04. The van der Waals surface area contributed by atoms with Crippen molar-refractivity contribution >= 4 is 27.3 Å². The van der Waals surface area contributed by atoms with Crippen LogP contribution in [0.2, 0.25) is 0 Å². The second kappa shape index (κ2) is 11.5. The third kappa shape index (κ3) is 6.22. The van der Waals surface area contributed by atoms with Crippen molar-refractivity contribution in [2.75, 3.05) is 44.6 Å². The molecule has 3 rings (SSSR count). The third-order valence-corrected chi connectivity index (χ3v) is 7.14. The lowest BCUT2D eigenvalue weighted by atomic mass is 10.2. The quantitative estimate of drug-likeness (QED) is 0.392. The summed E-state index contributed by atoms with van der Waals surface area (Å²) < 4.78 is 88.0. The molecule has 0 radical (unpaired) electrons. The minimum Gasteiger partial charge on any atom is -0.497 e. The predicted octanol–water partition coefficient (Wildman–Crippen LogP) is 4.57. The smallest absolute Gasteiger partial charge is 0.416 e. The summed E-state index contributed by atoms with van der Waals surface area (Å²) >= 11 is 0. The maximum atomic E-state index is 13.8. The van der Waals surface area contributed by atoms with E-state index in [1.165, 1.54) is 58.8 Å². The Bertz CT molecular complexity index is 1400. The minimum atomic E-state index is -4.55. The van der Waals surface area contributed by atoms with Crippen molar-refractivity contribution in [2.45, 2.75) is 11.1 Å². The van der Waals surface area contributed by atoms with E-state index in [-0.39, 0.29) is 39.3 Å². The molecule has 0 bridgehead atoms. The van der Waals surface area contributed by atoms with E-state index in [0.717, 1.165) is 28.6 Å². The van der Waals surface area contributed by atoms with Crippen molar-refractivity contribution in [3.8, 4) is 23.0 Å². The number of rotatable bonds is 10. The molecule has 0 unspecified atom stereocenters. The van der Waals surface area contributed by atoms with Gasteiger partial charge in [0.2, 0.25) is 5.91 Å². The second-order valence-electron chi connectivity index (χ2n) is 7.69. The molecular formula is C25H25F3N2O7S. The lowest BCUT2D eigenvalue weighted by molar-refractivity contribution is -0.137. The van der Waals surface area contributed by atoms with Crippen molar-refractivity contribution in [1.82, 2.24) is 0 Å². The van der Waals surface area contributed by atoms with E-state index in [4.69, 9.17) is 18.9 Å². The molecule has 0 aliphatic heterocycles. The summed E-state index contributed by atoms with van der Waals surface area (Å²) in [5.74, 6) is 0.0182. The largest absolute Gasteiger partial charge is 0.497 e. The Morgan fingerprint density at radius 3 is 1.97 bits per heavy atom. The number of sulfonamides is 1. The molecule has 38 heavy (non-hydrogen) atoms. The fraction of sp³-hybridized carbons (Fsp3) is 0.240. The molecule has 0 atom stereocenters. The number of halogens is 3. The maximum Gasteiger partial charge on any atom is 0.416 e. The van der Waals surface area contributed by atoms with Crippen LogP contribution in [0.15, 0.2) is 65.6 Å². The Kier molecular flexibility index (Phi) is 8.61. The summed E-state index contributed by atoms with van der Waals surface area (Å²) in [7, 11) is 1.02. The van der Waals surface area contributed by atoms with Gasteiger partial charge in [-0.25, -0.2) is 8.42 Å². The fourth-order valence-corrected chi connectivity index (χ4v) is 4.91. The number of benzene rings is 3. The summed E-state index contributed by atoms with van der Waals surface area (Å²) in [6.45, 7) is -0.749. The first-order chi connectivity index (χ1) is 17.9. The Morgan fingerprint density at radius 1 is 0.816 bits per heavy atom. The lowest BCUT2D eigenvalue weighted by Crippen LogP contribution is -2.38. The number of carbonyl (C=O) groups excluding carboxylic acids is 1. The lowest BCUT2D eigenvalue weighted by Gasteiger charge is -2.26. The fourth-order valence-electron chi connectivity index (χ4n) is 3.47. The molecule has 9 nitrogen and oxygen atoms in total. The zero-order chi connectivity index (χ0) is 28.1. The van der Waals surface area contributed by atoms with E-state index >= 15 is 0 Å². The molecule has 0 saturated heterocycles. The average Bonchev–Trinajstić information content (AvgIpc) is 2.90. The number of amides is 1. The van der Waals surface area contributed by atoms with Crippen molar-refractivity contribution in [3.05, 3.63) is 66.2 Å². The number of nitrogens with one attached hydrogen (secondary N) is 1.